The number of nitrogens with one attached hydrogen (secondary N) is 1. The van der Waals surface area contributed by atoms with Gasteiger partial charge in [-0.15, -0.1) is 0 Å². The molecule has 0 radical (unpaired) electrons. The zero-order valence-electron chi connectivity index (χ0n) is 20.9. The lowest BCUT2D eigenvalue weighted by Gasteiger charge is -2.37. The van der Waals surface area contributed by atoms with Crippen molar-refractivity contribution >= 4 is 45.5 Å². The molecule has 194 valence electrons. The molecule has 4 heterocycles. The summed E-state index contributed by atoms with van der Waals surface area (Å²) in [5.74, 6) is 1.14. The molecule has 1 fully saturated rings. The highest BCUT2D eigenvalue weighted by Gasteiger charge is 2.28. The maximum Gasteiger partial charge on any atom is 0.410 e. The average Bonchev–Trinajstić information content (AvgIpc) is 3.33. The summed E-state index contributed by atoms with van der Waals surface area (Å²) in [5.41, 5.74) is 0.987. The van der Waals surface area contributed by atoms with Crippen LogP contribution < -0.4 is 15.9 Å². The number of hydrogen-bond acceptors (Lipinski definition) is 9. The third-order valence-electron chi connectivity index (χ3n) is 5.97. The molecule has 0 atom stereocenters. The minimum atomic E-state index is -0.574. The van der Waals surface area contributed by atoms with Crippen LogP contribution in [0.4, 0.5) is 10.6 Å². The Hall–Kier alpha value is -3.86. The number of carbonyl (C=O) groups is 1. The Bertz CT molecular complexity index is 1500. The van der Waals surface area contributed by atoms with Crippen LogP contribution in [0.15, 0.2) is 46.1 Å². The van der Waals surface area contributed by atoms with Crippen molar-refractivity contribution < 1.29 is 13.9 Å². The predicted octanol–water partition coefficient (Wildman–Crippen LogP) is 3.43. The number of benzene rings is 1. The van der Waals surface area contributed by atoms with Crippen LogP contribution in [-0.4, -0.2) is 68.9 Å². The number of nitrogens with zero attached hydrogens (tertiary/aromatic N) is 6. The van der Waals surface area contributed by atoms with Crippen LogP contribution >= 0.6 is 11.6 Å². The van der Waals surface area contributed by atoms with E-state index in [9.17, 15) is 9.59 Å². The van der Waals surface area contributed by atoms with Crippen molar-refractivity contribution in [3.05, 3.63) is 58.1 Å². The summed E-state index contributed by atoms with van der Waals surface area (Å²) in [6.07, 6.45) is 3.10. The standard InChI is InChI=1S/C25H28ClN7O4/c1-25(2,3)37-24(35)31-10-12-32(13-11-31)33-19(30-17-6-4-5-16(26)20(17)23(33)34)7-9-27-22-21-18(8-14-36-21)28-15-29-22/h4-6,8,14-15H,7,9-13H2,1-3H3,(H,27,28,29). The molecule has 0 saturated carbocycles. The van der Waals surface area contributed by atoms with Crippen molar-refractivity contribution in [3.8, 4) is 0 Å². The first kappa shape index (κ1) is 24.8. The van der Waals surface area contributed by atoms with E-state index in [-0.39, 0.29) is 11.7 Å². The second-order valence-electron chi connectivity index (χ2n) is 9.73. The molecule has 1 N–H and O–H groups in total. The Labute approximate surface area is 218 Å². The van der Waals surface area contributed by atoms with E-state index < -0.39 is 5.60 Å². The van der Waals surface area contributed by atoms with Gasteiger partial charge in [0.25, 0.3) is 5.56 Å². The van der Waals surface area contributed by atoms with Crippen LogP contribution in [0.2, 0.25) is 5.02 Å². The minimum Gasteiger partial charge on any atom is -0.459 e. The fourth-order valence-corrected chi connectivity index (χ4v) is 4.54. The number of fused-ring (bicyclic) bond motifs is 2. The summed E-state index contributed by atoms with van der Waals surface area (Å²) in [4.78, 5) is 41.1. The van der Waals surface area contributed by atoms with E-state index in [1.807, 2.05) is 25.8 Å². The van der Waals surface area contributed by atoms with Gasteiger partial charge in [-0.3, -0.25) is 4.79 Å². The third-order valence-corrected chi connectivity index (χ3v) is 6.28. The number of carbonyl (C=O) groups excluding carboxylic acids is 1. The molecule has 1 saturated heterocycles. The third kappa shape index (κ3) is 5.17. The zero-order valence-corrected chi connectivity index (χ0v) is 21.7. The molecule has 5 rings (SSSR count). The smallest absolute Gasteiger partial charge is 0.410 e. The number of hydrogen-bond donors (Lipinski definition) is 1. The topological polar surface area (TPSA) is 119 Å². The van der Waals surface area contributed by atoms with Gasteiger partial charge in [-0.25, -0.2) is 24.4 Å². The van der Waals surface area contributed by atoms with Crippen LogP contribution in [0.1, 0.15) is 26.6 Å². The highest BCUT2D eigenvalue weighted by Crippen LogP contribution is 2.21. The Balaban J connectivity index is 1.40. The van der Waals surface area contributed by atoms with Gasteiger partial charge in [-0.2, -0.15) is 0 Å². The van der Waals surface area contributed by atoms with E-state index in [0.29, 0.717) is 77.8 Å². The first-order valence-electron chi connectivity index (χ1n) is 12.1. The highest BCUT2D eigenvalue weighted by molar-refractivity contribution is 6.35. The van der Waals surface area contributed by atoms with Crippen LogP contribution in [0, 0.1) is 0 Å². The Morgan fingerprint density at radius 2 is 1.92 bits per heavy atom. The van der Waals surface area contributed by atoms with Gasteiger partial charge in [0.1, 0.15) is 23.3 Å². The molecule has 0 aliphatic carbocycles. The first-order chi connectivity index (χ1) is 17.7. The lowest BCUT2D eigenvalue weighted by Crippen LogP contribution is -2.56. The molecule has 3 aromatic heterocycles. The lowest BCUT2D eigenvalue weighted by molar-refractivity contribution is 0.0231. The van der Waals surface area contributed by atoms with Gasteiger partial charge in [0.2, 0.25) is 0 Å². The summed E-state index contributed by atoms with van der Waals surface area (Å²) < 4.78 is 12.6. The molecule has 1 amide bonds. The molecule has 0 bridgehead atoms. The van der Waals surface area contributed by atoms with Crippen LogP contribution in [-0.2, 0) is 11.2 Å². The van der Waals surface area contributed by atoms with Gasteiger partial charge in [-0.1, -0.05) is 17.7 Å². The summed E-state index contributed by atoms with van der Waals surface area (Å²) >= 11 is 6.40. The number of ether oxygens (including phenoxy) is 1. The van der Waals surface area contributed by atoms with E-state index >= 15 is 0 Å². The molecule has 37 heavy (non-hydrogen) atoms. The maximum atomic E-state index is 13.7. The Morgan fingerprint density at radius 1 is 1.14 bits per heavy atom. The molecular formula is C25H28ClN7O4. The minimum absolute atomic E-state index is 0.244. The summed E-state index contributed by atoms with van der Waals surface area (Å²) in [6.45, 7) is 7.67. The number of aromatic nitrogens is 4. The van der Waals surface area contributed by atoms with E-state index in [4.69, 9.17) is 25.7 Å². The van der Waals surface area contributed by atoms with Crippen LogP contribution in [0.5, 0.6) is 0 Å². The van der Waals surface area contributed by atoms with E-state index in [2.05, 4.69) is 15.3 Å². The van der Waals surface area contributed by atoms with Crippen molar-refractivity contribution in [2.24, 2.45) is 0 Å². The Kier molecular flexibility index (Phi) is 6.63. The molecule has 1 aliphatic heterocycles. The quantitative estimate of drug-likeness (QED) is 0.418. The molecule has 12 heteroatoms. The number of amides is 1. The van der Waals surface area contributed by atoms with Gasteiger partial charge in [0, 0.05) is 32.1 Å². The van der Waals surface area contributed by atoms with Gasteiger partial charge < -0.3 is 24.4 Å². The fourth-order valence-electron chi connectivity index (χ4n) is 4.29. The highest BCUT2D eigenvalue weighted by atomic mass is 35.5. The lowest BCUT2D eigenvalue weighted by atomic mass is 10.2. The maximum absolute atomic E-state index is 13.7. The van der Waals surface area contributed by atoms with Crippen molar-refractivity contribution in [2.75, 3.05) is 43.0 Å². The summed E-state index contributed by atoms with van der Waals surface area (Å²) in [5, 5.41) is 5.88. The van der Waals surface area contributed by atoms with Gasteiger partial charge >= 0.3 is 6.09 Å². The largest absolute Gasteiger partial charge is 0.459 e. The molecule has 1 aliphatic rings. The fraction of sp³-hybridized carbons (Fsp3) is 0.400. The number of halogens is 1. The van der Waals surface area contributed by atoms with Gasteiger partial charge in [0.05, 0.1) is 35.3 Å². The predicted molar refractivity (Wildman–Crippen MR) is 141 cm³/mol. The summed E-state index contributed by atoms with van der Waals surface area (Å²) in [6, 6.07) is 7.01. The molecular weight excluding hydrogens is 498 g/mol. The van der Waals surface area contributed by atoms with E-state index in [0.717, 1.165) is 0 Å². The number of furan rings is 1. The van der Waals surface area contributed by atoms with Gasteiger partial charge in [0.15, 0.2) is 11.4 Å². The monoisotopic (exact) mass is 525 g/mol. The van der Waals surface area contributed by atoms with E-state index in [1.54, 1.807) is 40.1 Å². The SMILES string of the molecule is CC(C)(C)OC(=O)N1CCN(n2c(CCNc3ncnc4ccoc34)nc3cccc(Cl)c3c2=O)CC1. The first-order valence-corrected chi connectivity index (χ1v) is 12.4. The van der Waals surface area contributed by atoms with Crippen LogP contribution in [0.3, 0.4) is 0 Å². The zero-order chi connectivity index (χ0) is 26.2. The number of rotatable bonds is 5. The second-order valence-corrected chi connectivity index (χ2v) is 10.1. The normalized spacial score (nSPS) is 14.4. The molecule has 0 spiro atoms. The van der Waals surface area contributed by atoms with Crippen molar-refractivity contribution in [3.63, 3.8) is 0 Å². The van der Waals surface area contributed by atoms with E-state index in [1.165, 1.54) is 6.33 Å². The van der Waals surface area contributed by atoms with Crippen LogP contribution in [0.25, 0.3) is 22.0 Å². The number of anilines is 1. The molecule has 1 aromatic carbocycles. The molecule has 11 nitrogen and oxygen atoms in total. The number of piperazine rings is 1. The van der Waals surface area contributed by atoms with Crippen molar-refractivity contribution in [1.29, 1.82) is 0 Å². The second kappa shape index (κ2) is 9.89. The van der Waals surface area contributed by atoms with Gasteiger partial charge in [-0.05, 0) is 32.9 Å². The molecule has 0 unspecified atom stereocenters. The summed E-state index contributed by atoms with van der Waals surface area (Å²) in [7, 11) is 0. The van der Waals surface area contributed by atoms with Crippen molar-refractivity contribution in [1.82, 2.24) is 24.5 Å². The van der Waals surface area contributed by atoms with Crippen molar-refractivity contribution in [2.45, 2.75) is 32.8 Å². The molecule has 4 aromatic rings. The Morgan fingerprint density at radius 3 is 2.68 bits per heavy atom. The average molecular weight is 526 g/mol.